The summed E-state index contributed by atoms with van der Waals surface area (Å²) in [6.07, 6.45) is 4.22. The van der Waals surface area contributed by atoms with Crippen molar-refractivity contribution >= 4 is 11.8 Å². The number of methoxy groups -OCH3 is 1. The number of nitrogens with two attached hydrogens (primary N) is 1. The number of H-pyrrole nitrogens is 1. The minimum absolute atomic E-state index is 0.0108. The number of rotatable bonds is 4. The van der Waals surface area contributed by atoms with E-state index in [2.05, 4.69) is 9.97 Å². The molecule has 1 heterocycles. The zero-order valence-corrected chi connectivity index (χ0v) is 11.4. The number of carbonyl (C=O) groups is 1. The number of hydrogen-bond acceptors (Lipinski definition) is 5. The van der Waals surface area contributed by atoms with Crippen LogP contribution >= 0.6 is 0 Å². The van der Waals surface area contributed by atoms with Crippen LogP contribution in [0.1, 0.15) is 43.5 Å². The van der Waals surface area contributed by atoms with Crippen LogP contribution in [0.15, 0.2) is 4.79 Å². The molecule has 0 saturated heterocycles. The van der Waals surface area contributed by atoms with Gasteiger partial charge in [0.2, 0.25) is 0 Å². The Labute approximate surface area is 116 Å². The number of aromatic nitrogens is 2. The second-order valence-electron chi connectivity index (χ2n) is 5.11. The van der Waals surface area contributed by atoms with E-state index in [9.17, 15) is 9.59 Å². The van der Waals surface area contributed by atoms with E-state index in [1.54, 1.807) is 7.11 Å². The van der Waals surface area contributed by atoms with E-state index in [4.69, 9.17) is 15.6 Å². The number of aliphatic carboxylic acids is 1. The third-order valence-corrected chi connectivity index (χ3v) is 3.86. The first-order valence-corrected chi connectivity index (χ1v) is 6.64. The fourth-order valence-corrected chi connectivity index (χ4v) is 2.71. The second kappa shape index (κ2) is 5.62. The summed E-state index contributed by atoms with van der Waals surface area (Å²) >= 11 is 0. The number of nitrogens with zero attached hydrogens (tertiary/aromatic N) is 1. The van der Waals surface area contributed by atoms with Gasteiger partial charge in [-0.2, -0.15) is 0 Å². The number of carboxylic acid groups (broad SMARTS) is 1. The van der Waals surface area contributed by atoms with Crippen LogP contribution in [0.2, 0.25) is 0 Å². The van der Waals surface area contributed by atoms with Crippen molar-refractivity contribution in [2.75, 3.05) is 12.8 Å². The van der Waals surface area contributed by atoms with Gasteiger partial charge in [0, 0.05) is 7.11 Å². The molecular formula is C13H19N3O4. The van der Waals surface area contributed by atoms with Gasteiger partial charge in [-0.1, -0.05) is 19.3 Å². The average molecular weight is 281 g/mol. The van der Waals surface area contributed by atoms with Crippen molar-refractivity contribution in [1.29, 1.82) is 0 Å². The van der Waals surface area contributed by atoms with E-state index in [1.807, 2.05) is 0 Å². The molecule has 0 aliphatic heterocycles. The minimum atomic E-state index is -1.11. The van der Waals surface area contributed by atoms with Gasteiger partial charge in [0.05, 0.1) is 12.0 Å². The van der Waals surface area contributed by atoms with Gasteiger partial charge in [0.1, 0.15) is 17.2 Å². The van der Waals surface area contributed by atoms with Gasteiger partial charge in [-0.05, 0) is 12.8 Å². The van der Waals surface area contributed by atoms with Crippen molar-refractivity contribution in [3.8, 4) is 0 Å². The van der Waals surface area contributed by atoms with Crippen LogP contribution < -0.4 is 11.3 Å². The molecule has 7 nitrogen and oxygen atoms in total. The zero-order valence-electron chi connectivity index (χ0n) is 11.4. The van der Waals surface area contributed by atoms with Gasteiger partial charge < -0.3 is 20.6 Å². The van der Waals surface area contributed by atoms with Crippen molar-refractivity contribution in [1.82, 2.24) is 9.97 Å². The maximum atomic E-state index is 12.0. The van der Waals surface area contributed by atoms with Crippen LogP contribution in [0.25, 0.3) is 0 Å². The van der Waals surface area contributed by atoms with Crippen molar-refractivity contribution < 1.29 is 14.6 Å². The molecule has 0 aromatic carbocycles. The number of carboxylic acids is 1. The van der Waals surface area contributed by atoms with Gasteiger partial charge in [0.15, 0.2) is 0 Å². The first-order valence-electron chi connectivity index (χ1n) is 6.64. The average Bonchev–Trinajstić information content (AvgIpc) is 2.43. The summed E-state index contributed by atoms with van der Waals surface area (Å²) in [6.45, 7) is 0. The second-order valence-corrected chi connectivity index (χ2v) is 5.11. The van der Waals surface area contributed by atoms with E-state index >= 15 is 0 Å². The molecule has 2 rings (SSSR count). The third kappa shape index (κ3) is 2.67. The number of nitrogens with one attached hydrogen (secondary N) is 1. The van der Waals surface area contributed by atoms with Crippen LogP contribution in [-0.2, 0) is 21.6 Å². The smallest absolute Gasteiger partial charge is 0.308 e. The summed E-state index contributed by atoms with van der Waals surface area (Å²) < 4.78 is 5.59. The molecule has 7 heteroatoms. The van der Waals surface area contributed by atoms with Gasteiger partial charge >= 0.3 is 5.97 Å². The molecule has 0 amide bonds. The summed E-state index contributed by atoms with van der Waals surface area (Å²) in [5, 5.41) is 8.77. The summed E-state index contributed by atoms with van der Waals surface area (Å²) in [4.78, 5) is 29.6. The Morgan fingerprint density at radius 3 is 2.60 bits per heavy atom. The van der Waals surface area contributed by atoms with E-state index < -0.39 is 23.6 Å². The van der Waals surface area contributed by atoms with Crippen LogP contribution in [0, 0.1) is 0 Å². The Morgan fingerprint density at radius 1 is 1.45 bits per heavy atom. The van der Waals surface area contributed by atoms with Gasteiger partial charge in [0.25, 0.3) is 5.56 Å². The van der Waals surface area contributed by atoms with Crippen molar-refractivity contribution in [3.05, 3.63) is 21.7 Å². The van der Waals surface area contributed by atoms with E-state index in [-0.39, 0.29) is 11.4 Å². The molecule has 0 spiro atoms. The van der Waals surface area contributed by atoms with Gasteiger partial charge in [-0.25, -0.2) is 4.98 Å². The molecule has 0 unspecified atom stereocenters. The SMILES string of the molecule is COC1(c2nc(N)c(CC(=O)O)c(=O)[nH]2)CCCCC1. The van der Waals surface area contributed by atoms with E-state index in [1.165, 1.54) is 0 Å². The molecule has 0 bridgehead atoms. The van der Waals surface area contributed by atoms with Crippen LogP contribution in [0.5, 0.6) is 0 Å². The summed E-state index contributed by atoms with van der Waals surface area (Å²) in [7, 11) is 1.59. The van der Waals surface area contributed by atoms with Crippen LogP contribution in [0.4, 0.5) is 5.82 Å². The molecule has 4 N–H and O–H groups in total. The lowest BCUT2D eigenvalue weighted by Crippen LogP contribution is -2.36. The Morgan fingerprint density at radius 2 is 2.10 bits per heavy atom. The topological polar surface area (TPSA) is 118 Å². The maximum absolute atomic E-state index is 12.0. The summed E-state index contributed by atoms with van der Waals surface area (Å²) in [5.74, 6) is -0.750. The van der Waals surface area contributed by atoms with Crippen LogP contribution in [-0.4, -0.2) is 28.2 Å². The predicted molar refractivity (Wildman–Crippen MR) is 72.4 cm³/mol. The van der Waals surface area contributed by atoms with Gasteiger partial charge in [-0.15, -0.1) is 0 Å². The molecule has 0 radical (unpaired) electrons. The first kappa shape index (κ1) is 14.5. The Kier molecular flexibility index (Phi) is 4.08. The highest BCUT2D eigenvalue weighted by atomic mass is 16.5. The fraction of sp³-hybridized carbons (Fsp3) is 0.615. The molecule has 1 saturated carbocycles. The third-order valence-electron chi connectivity index (χ3n) is 3.86. The molecule has 1 aliphatic carbocycles. The standard InChI is InChI=1S/C13H19N3O4/c1-20-13(5-3-2-4-6-13)12-15-10(14)8(7-9(17)18)11(19)16-12/h2-7H2,1H3,(H,17,18)(H3,14,15,16,19). The predicted octanol–water partition coefficient (Wildman–Crippen LogP) is 0.785. The highest BCUT2D eigenvalue weighted by molar-refractivity contribution is 5.71. The molecule has 0 atom stereocenters. The van der Waals surface area contributed by atoms with Crippen molar-refractivity contribution in [3.63, 3.8) is 0 Å². The number of ether oxygens (including phenoxy) is 1. The minimum Gasteiger partial charge on any atom is -0.481 e. The largest absolute Gasteiger partial charge is 0.481 e. The number of nitrogen functional groups attached to an aromatic ring is 1. The highest BCUT2D eigenvalue weighted by Gasteiger charge is 2.37. The zero-order chi connectivity index (χ0) is 14.8. The van der Waals surface area contributed by atoms with E-state index in [0.717, 1.165) is 32.1 Å². The summed E-state index contributed by atoms with van der Waals surface area (Å²) in [6, 6.07) is 0. The highest BCUT2D eigenvalue weighted by Crippen LogP contribution is 2.38. The van der Waals surface area contributed by atoms with Crippen molar-refractivity contribution in [2.24, 2.45) is 0 Å². The molecule has 20 heavy (non-hydrogen) atoms. The molecule has 1 aromatic heterocycles. The van der Waals surface area contributed by atoms with E-state index in [0.29, 0.717) is 5.82 Å². The number of anilines is 1. The Balaban J connectivity index is 2.43. The molecular weight excluding hydrogens is 262 g/mol. The Bertz CT molecular complexity index is 561. The number of aromatic amines is 1. The molecule has 110 valence electrons. The molecule has 1 aromatic rings. The lowest BCUT2D eigenvalue weighted by molar-refractivity contribution is -0.136. The quantitative estimate of drug-likeness (QED) is 0.750. The first-order chi connectivity index (χ1) is 9.48. The lowest BCUT2D eigenvalue weighted by Gasteiger charge is -2.34. The monoisotopic (exact) mass is 281 g/mol. The van der Waals surface area contributed by atoms with Crippen molar-refractivity contribution in [2.45, 2.75) is 44.1 Å². The normalized spacial score (nSPS) is 17.9. The number of hydrogen-bond donors (Lipinski definition) is 3. The maximum Gasteiger partial charge on any atom is 0.308 e. The Hall–Kier alpha value is -1.89. The van der Waals surface area contributed by atoms with Crippen LogP contribution in [0.3, 0.4) is 0 Å². The summed E-state index contributed by atoms with van der Waals surface area (Å²) in [5.41, 5.74) is 4.61. The lowest BCUT2D eigenvalue weighted by atomic mass is 9.84. The molecule has 1 fully saturated rings. The van der Waals surface area contributed by atoms with Gasteiger partial charge in [-0.3, -0.25) is 9.59 Å². The molecule has 1 aliphatic rings. The fourth-order valence-electron chi connectivity index (χ4n) is 2.71.